The van der Waals surface area contributed by atoms with E-state index in [9.17, 15) is 8.42 Å². The van der Waals surface area contributed by atoms with Crippen LogP contribution in [-0.4, -0.2) is 43.8 Å². The van der Waals surface area contributed by atoms with Gasteiger partial charge in [0.1, 0.15) is 0 Å². The quantitative estimate of drug-likeness (QED) is 0.659. The zero-order valence-corrected chi connectivity index (χ0v) is 9.34. The first-order valence-corrected chi connectivity index (χ1v) is 6.06. The fourth-order valence-corrected chi connectivity index (χ4v) is 1.73. The van der Waals surface area contributed by atoms with Crippen LogP contribution in [0.15, 0.2) is 0 Å². The van der Waals surface area contributed by atoms with Crippen LogP contribution in [0.2, 0.25) is 0 Å². The highest BCUT2D eigenvalue weighted by atomic mass is 32.2. The molecule has 0 radical (unpaired) electrons. The van der Waals surface area contributed by atoms with Crippen molar-refractivity contribution in [2.75, 3.05) is 25.9 Å². The van der Waals surface area contributed by atoms with Crippen molar-refractivity contribution in [3.05, 3.63) is 0 Å². The van der Waals surface area contributed by atoms with Crippen molar-refractivity contribution in [3.8, 4) is 0 Å². The maximum atomic E-state index is 10.4. The van der Waals surface area contributed by atoms with Gasteiger partial charge in [-0.3, -0.25) is 4.55 Å². The lowest BCUT2D eigenvalue weighted by molar-refractivity contribution is 0.296. The molecule has 0 unspecified atom stereocenters. The Hall–Kier alpha value is -0.130. The highest BCUT2D eigenvalue weighted by molar-refractivity contribution is 7.85. The number of hydrogen-bond acceptors (Lipinski definition) is 3. The van der Waals surface area contributed by atoms with Crippen LogP contribution in [0.5, 0.6) is 0 Å². The van der Waals surface area contributed by atoms with Crippen molar-refractivity contribution in [1.29, 1.82) is 0 Å². The summed E-state index contributed by atoms with van der Waals surface area (Å²) in [6, 6.07) is 0. The van der Waals surface area contributed by atoms with Gasteiger partial charge >= 0.3 is 0 Å². The molecule has 0 fully saturated rings. The van der Waals surface area contributed by atoms with E-state index in [-0.39, 0.29) is 5.75 Å². The zero-order chi connectivity index (χ0) is 10.5. The molecule has 5 heteroatoms. The van der Waals surface area contributed by atoms with Crippen molar-refractivity contribution >= 4 is 10.1 Å². The zero-order valence-electron chi connectivity index (χ0n) is 8.52. The van der Waals surface area contributed by atoms with Gasteiger partial charge in [0, 0.05) is 6.54 Å². The summed E-state index contributed by atoms with van der Waals surface area (Å²) < 4.78 is 29.2. The molecule has 0 aromatic heterocycles. The van der Waals surface area contributed by atoms with Crippen LogP contribution in [0.3, 0.4) is 0 Å². The predicted molar refractivity (Wildman–Crippen MR) is 53.4 cm³/mol. The molecule has 0 aliphatic carbocycles. The molecule has 0 rings (SSSR count). The van der Waals surface area contributed by atoms with E-state index in [0.29, 0.717) is 18.9 Å². The molecule has 0 saturated heterocycles. The molecule has 0 heterocycles. The predicted octanol–water partition coefficient (Wildman–Crippen LogP) is 0.852. The molecule has 0 atom stereocenters. The molecule has 0 amide bonds. The standard InChI is InChI=1S/C8H19NO3S/c1-8(2)7-9(3)5-4-6-13(10,11)12/h8H,4-7H2,1-3H3,(H,10,11,12). The maximum absolute atomic E-state index is 10.4. The van der Waals surface area contributed by atoms with Crippen LogP contribution in [0.25, 0.3) is 0 Å². The van der Waals surface area contributed by atoms with Gasteiger partial charge in [0.15, 0.2) is 0 Å². The van der Waals surface area contributed by atoms with E-state index in [4.69, 9.17) is 4.55 Å². The summed E-state index contributed by atoms with van der Waals surface area (Å²) in [4.78, 5) is 2.07. The Morgan fingerprint density at radius 1 is 1.38 bits per heavy atom. The van der Waals surface area contributed by atoms with Crippen molar-refractivity contribution in [2.24, 2.45) is 5.92 Å². The largest absolute Gasteiger partial charge is 0.306 e. The summed E-state index contributed by atoms with van der Waals surface area (Å²) >= 11 is 0. The van der Waals surface area contributed by atoms with Gasteiger partial charge in [-0.05, 0) is 25.9 Å². The fourth-order valence-electron chi connectivity index (χ4n) is 1.23. The lowest BCUT2D eigenvalue weighted by atomic mass is 10.2. The van der Waals surface area contributed by atoms with E-state index < -0.39 is 10.1 Å². The third-order valence-corrected chi connectivity index (χ3v) is 2.42. The first-order chi connectivity index (χ1) is 5.81. The highest BCUT2D eigenvalue weighted by Crippen LogP contribution is 1.97. The summed E-state index contributed by atoms with van der Waals surface area (Å²) in [5.41, 5.74) is 0. The molecule has 0 aromatic rings. The summed E-state index contributed by atoms with van der Waals surface area (Å²) in [6.45, 7) is 5.88. The van der Waals surface area contributed by atoms with Crippen molar-refractivity contribution in [1.82, 2.24) is 4.90 Å². The molecule has 1 N–H and O–H groups in total. The number of nitrogens with zero attached hydrogens (tertiary/aromatic N) is 1. The van der Waals surface area contributed by atoms with E-state index in [0.717, 1.165) is 6.54 Å². The summed E-state index contributed by atoms with van der Waals surface area (Å²) in [5, 5.41) is 0. The summed E-state index contributed by atoms with van der Waals surface area (Å²) in [7, 11) is -1.83. The molecule has 0 aromatic carbocycles. The third kappa shape index (κ3) is 9.79. The lowest BCUT2D eigenvalue weighted by Gasteiger charge is -2.18. The van der Waals surface area contributed by atoms with Crippen molar-refractivity contribution in [2.45, 2.75) is 20.3 Å². The van der Waals surface area contributed by atoms with Crippen molar-refractivity contribution in [3.63, 3.8) is 0 Å². The molecular weight excluding hydrogens is 190 g/mol. The molecule has 80 valence electrons. The topological polar surface area (TPSA) is 57.6 Å². The van der Waals surface area contributed by atoms with Gasteiger partial charge in [0.2, 0.25) is 0 Å². The van der Waals surface area contributed by atoms with Crippen LogP contribution in [-0.2, 0) is 10.1 Å². The first-order valence-electron chi connectivity index (χ1n) is 4.45. The average molecular weight is 209 g/mol. The monoisotopic (exact) mass is 209 g/mol. The Balaban J connectivity index is 3.54. The lowest BCUT2D eigenvalue weighted by Crippen LogP contribution is -2.25. The minimum Gasteiger partial charge on any atom is -0.306 e. The molecule has 0 spiro atoms. The molecular formula is C8H19NO3S. The first kappa shape index (κ1) is 12.9. The van der Waals surface area contributed by atoms with E-state index >= 15 is 0 Å². The molecule has 0 saturated carbocycles. The van der Waals surface area contributed by atoms with Crippen LogP contribution in [0.1, 0.15) is 20.3 Å². The summed E-state index contributed by atoms with van der Waals surface area (Å²) in [5.74, 6) is 0.436. The van der Waals surface area contributed by atoms with E-state index in [1.165, 1.54) is 0 Å². The van der Waals surface area contributed by atoms with E-state index in [2.05, 4.69) is 18.7 Å². The van der Waals surface area contributed by atoms with Gasteiger partial charge in [-0.2, -0.15) is 8.42 Å². The molecule has 0 bridgehead atoms. The molecule has 0 aliphatic rings. The van der Waals surface area contributed by atoms with Gasteiger partial charge in [-0.25, -0.2) is 0 Å². The second-order valence-corrected chi connectivity index (χ2v) is 5.37. The Morgan fingerprint density at radius 2 is 1.92 bits per heavy atom. The van der Waals surface area contributed by atoms with Crippen LogP contribution in [0, 0.1) is 5.92 Å². The van der Waals surface area contributed by atoms with Gasteiger partial charge in [0.25, 0.3) is 10.1 Å². The molecule has 13 heavy (non-hydrogen) atoms. The smallest absolute Gasteiger partial charge is 0.264 e. The van der Waals surface area contributed by atoms with Gasteiger partial charge in [-0.15, -0.1) is 0 Å². The maximum Gasteiger partial charge on any atom is 0.264 e. The number of hydrogen-bond donors (Lipinski definition) is 1. The fraction of sp³-hybridized carbons (Fsp3) is 1.00. The summed E-state index contributed by atoms with van der Waals surface area (Å²) in [6.07, 6.45) is 0.488. The van der Waals surface area contributed by atoms with Gasteiger partial charge in [0.05, 0.1) is 5.75 Å². The SMILES string of the molecule is CC(C)CN(C)CCCS(=O)(=O)O. The molecule has 0 aliphatic heterocycles. The van der Waals surface area contributed by atoms with Crippen LogP contribution in [0.4, 0.5) is 0 Å². The average Bonchev–Trinajstić information content (AvgIpc) is 1.81. The normalized spacial score (nSPS) is 12.8. The van der Waals surface area contributed by atoms with E-state index in [1.54, 1.807) is 0 Å². The van der Waals surface area contributed by atoms with Gasteiger partial charge in [-0.1, -0.05) is 13.8 Å². The Kier molecular flexibility index (Phi) is 5.51. The highest BCUT2D eigenvalue weighted by Gasteiger charge is 2.06. The Labute approximate surface area is 80.7 Å². The minimum atomic E-state index is -3.77. The minimum absolute atomic E-state index is 0.143. The molecule has 4 nitrogen and oxygen atoms in total. The number of rotatable bonds is 6. The van der Waals surface area contributed by atoms with E-state index in [1.807, 2.05) is 7.05 Å². The Morgan fingerprint density at radius 3 is 2.31 bits per heavy atom. The Bertz CT molecular complexity index is 224. The van der Waals surface area contributed by atoms with Crippen molar-refractivity contribution < 1.29 is 13.0 Å². The van der Waals surface area contributed by atoms with Gasteiger partial charge < -0.3 is 4.90 Å². The van der Waals surface area contributed by atoms with Crippen LogP contribution < -0.4 is 0 Å². The second kappa shape index (κ2) is 5.57. The second-order valence-electron chi connectivity index (χ2n) is 3.80. The van der Waals surface area contributed by atoms with Crippen LogP contribution >= 0.6 is 0 Å². The third-order valence-electron chi connectivity index (χ3n) is 1.62.